The molecule has 0 aliphatic rings. The summed E-state index contributed by atoms with van der Waals surface area (Å²) in [4.78, 5) is 3.04. The van der Waals surface area contributed by atoms with Crippen molar-refractivity contribution in [3.05, 3.63) is 78.4 Å². The number of fused-ring (bicyclic) bond motifs is 1. The number of aromatic nitrogens is 2. The molecule has 2 aromatic carbocycles. The first-order chi connectivity index (χ1) is 13.0. The van der Waals surface area contributed by atoms with E-state index in [9.17, 15) is 12.8 Å². The summed E-state index contributed by atoms with van der Waals surface area (Å²) < 4.78 is 41.2. The third kappa shape index (κ3) is 3.15. The first-order valence-corrected chi connectivity index (χ1v) is 9.87. The molecule has 0 atom stereocenters. The summed E-state index contributed by atoms with van der Waals surface area (Å²) in [6.07, 6.45) is 3.41. The minimum absolute atomic E-state index is 0.0851. The van der Waals surface area contributed by atoms with Crippen LogP contribution < -0.4 is 5.32 Å². The standard InChI is InChI=1S/C20H18FN3O2S/c1-22-12-14-9-20(16-5-6-19-15(10-16)7-8-23-19)24(13-14)27(25,26)18-4-2-3-17(21)11-18/h2-11,13,22-23H,12H2,1H3. The van der Waals surface area contributed by atoms with Gasteiger partial charge in [0.2, 0.25) is 0 Å². The maximum absolute atomic E-state index is 13.6. The Bertz CT molecular complexity index is 1220. The molecule has 2 heterocycles. The van der Waals surface area contributed by atoms with E-state index in [2.05, 4.69) is 10.3 Å². The summed E-state index contributed by atoms with van der Waals surface area (Å²) in [7, 11) is -2.14. The molecule has 0 amide bonds. The molecule has 0 bridgehead atoms. The van der Waals surface area contributed by atoms with Crippen molar-refractivity contribution in [1.82, 2.24) is 14.3 Å². The molecular formula is C20H18FN3O2S. The first-order valence-electron chi connectivity index (χ1n) is 8.43. The molecule has 2 aromatic heterocycles. The van der Waals surface area contributed by atoms with Crippen LogP contribution in [0.25, 0.3) is 22.2 Å². The highest BCUT2D eigenvalue weighted by molar-refractivity contribution is 7.90. The van der Waals surface area contributed by atoms with E-state index in [0.717, 1.165) is 28.1 Å². The van der Waals surface area contributed by atoms with E-state index >= 15 is 0 Å². The summed E-state index contributed by atoms with van der Waals surface area (Å²) in [5.41, 5.74) is 3.10. The van der Waals surface area contributed by atoms with Crippen molar-refractivity contribution in [2.24, 2.45) is 0 Å². The van der Waals surface area contributed by atoms with Crippen LogP contribution in [0.2, 0.25) is 0 Å². The normalized spacial score (nSPS) is 11.9. The number of rotatable bonds is 5. The van der Waals surface area contributed by atoms with Gasteiger partial charge < -0.3 is 10.3 Å². The van der Waals surface area contributed by atoms with Gasteiger partial charge in [0.1, 0.15) is 5.82 Å². The Morgan fingerprint density at radius 3 is 2.74 bits per heavy atom. The van der Waals surface area contributed by atoms with Gasteiger partial charge in [-0.25, -0.2) is 16.8 Å². The topological polar surface area (TPSA) is 66.9 Å². The van der Waals surface area contributed by atoms with Crippen molar-refractivity contribution in [2.45, 2.75) is 11.4 Å². The SMILES string of the molecule is CNCc1cc(-c2ccc3[nH]ccc3c2)n(S(=O)(=O)c2cccc(F)c2)c1. The lowest BCUT2D eigenvalue weighted by atomic mass is 10.1. The van der Waals surface area contributed by atoms with Gasteiger partial charge in [0.15, 0.2) is 0 Å². The van der Waals surface area contributed by atoms with E-state index in [0.29, 0.717) is 12.2 Å². The highest BCUT2D eigenvalue weighted by Crippen LogP contribution is 2.29. The number of halogens is 1. The average Bonchev–Trinajstić information content (AvgIpc) is 3.28. The summed E-state index contributed by atoms with van der Waals surface area (Å²) in [5, 5.41) is 4.01. The van der Waals surface area contributed by atoms with Gasteiger partial charge in [-0.3, -0.25) is 0 Å². The number of nitrogens with one attached hydrogen (secondary N) is 2. The Hall–Kier alpha value is -2.90. The molecule has 0 unspecified atom stereocenters. The number of hydrogen-bond donors (Lipinski definition) is 2. The van der Waals surface area contributed by atoms with Crippen molar-refractivity contribution >= 4 is 20.9 Å². The van der Waals surface area contributed by atoms with Crippen molar-refractivity contribution in [2.75, 3.05) is 7.05 Å². The third-order valence-corrected chi connectivity index (χ3v) is 6.10. The van der Waals surface area contributed by atoms with E-state index in [1.165, 1.54) is 22.2 Å². The smallest absolute Gasteiger partial charge is 0.268 e. The number of hydrogen-bond acceptors (Lipinski definition) is 3. The minimum Gasteiger partial charge on any atom is -0.361 e. The van der Waals surface area contributed by atoms with Crippen molar-refractivity contribution in [1.29, 1.82) is 0 Å². The largest absolute Gasteiger partial charge is 0.361 e. The maximum atomic E-state index is 13.6. The number of nitrogens with zero attached hydrogens (tertiary/aromatic N) is 1. The summed E-state index contributed by atoms with van der Waals surface area (Å²) in [5.74, 6) is -0.589. The van der Waals surface area contributed by atoms with Crippen LogP contribution in [0, 0.1) is 5.82 Å². The van der Waals surface area contributed by atoms with Crippen molar-refractivity contribution in [3.63, 3.8) is 0 Å². The molecule has 5 nitrogen and oxygen atoms in total. The zero-order valence-electron chi connectivity index (χ0n) is 14.6. The van der Waals surface area contributed by atoms with Gasteiger partial charge in [0.05, 0.1) is 10.6 Å². The lowest BCUT2D eigenvalue weighted by Crippen LogP contribution is -2.13. The van der Waals surface area contributed by atoms with Gasteiger partial charge in [-0.05, 0) is 60.6 Å². The molecule has 2 N–H and O–H groups in total. The Kier molecular flexibility index (Phi) is 4.33. The summed E-state index contributed by atoms with van der Waals surface area (Å²) >= 11 is 0. The fourth-order valence-corrected chi connectivity index (χ4v) is 4.59. The zero-order chi connectivity index (χ0) is 19.0. The lowest BCUT2D eigenvalue weighted by molar-refractivity contribution is 0.583. The van der Waals surface area contributed by atoms with Crippen molar-refractivity contribution < 1.29 is 12.8 Å². The molecule has 4 aromatic rings. The van der Waals surface area contributed by atoms with Gasteiger partial charge in [-0.15, -0.1) is 0 Å². The van der Waals surface area contributed by atoms with Crippen LogP contribution in [0.3, 0.4) is 0 Å². The molecule has 7 heteroatoms. The van der Waals surface area contributed by atoms with E-state index in [4.69, 9.17) is 0 Å². The molecule has 27 heavy (non-hydrogen) atoms. The van der Waals surface area contributed by atoms with Gasteiger partial charge in [0.25, 0.3) is 10.0 Å². The second kappa shape index (κ2) is 6.68. The molecule has 4 rings (SSSR count). The van der Waals surface area contributed by atoms with Crippen LogP contribution in [-0.2, 0) is 16.6 Å². The monoisotopic (exact) mass is 383 g/mol. The predicted molar refractivity (Wildman–Crippen MR) is 103 cm³/mol. The van der Waals surface area contributed by atoms with Crippen LogP contribution in [0.1, 0.15) is 5.56 Å². The maximum Gasteiger partial charge on any atom is 0.268 e. The highest BCUT2D eigenvalue weighted by atomic mass is 32.2. The fourth-order valence-electron chi connectivity index (χ4n) is 3.16. The van der Waals surface area contributed by atoms with Gasteiger partial charge in [-0.1, -0.05) is 12.1 Å². The second-order valence-electron chi connectivity index (χ2n) is 6.30. The number of benzene rings is 2. The molecule has 0 saturated heterocycles. The van der Waals surface area contributed by atoms with Gasteiger partial charge in [0, 0.05) is 29.8 Å². The Labute approximate surface area is 156 Å². The van der Waals surface area contributed by atoms with Crippen LogP contribution in [0.15, 0.2) is 71.9 Å². The molecule has 0 fully saturated rings. The highest BCUT2D eigenvalue weighted by Gasteiger charge is 2.22. The Morgan fingerprint density at radius 2 is 1.96 bits per heavy atom. The first kappa shape index (κ1) is 17.5. The summed E-state index contributed by atoms with van der Waals surface area (Å²) in [6, 6.07) is 14.5. The fraction of sp³-hybridized carbons (Fsp3) is 0.100. The van der Waals surface area contributed by atoms with Crippen LogP contribution in [-0.4, -0.2) is 24.4 Å². The summed E-state index contributed by atoms with van der Waals surface area (Å²) in [6.45, 7) is 0.519. The second-order valence-corrected chi connectivity index (χ2v) is 8.12. The molecule has 0 spiro atoms. The van der Waals surface area contributed by atoms with Gasteiger partial charge >= 0.3 is 0 Å². The van der Waals surface area contributed by atoms with Crippen LogP contribution >= 0.6 is 0 Å². The van der Waals surface area contributed by atoms with Gasteiger partial charge in [-0.2, -0.15) is 0 Å². The number of aromatic amines is 1. The molecule has 0 radical (unpaired) electrons. The van der Waals surface area contributed by atoms with Crippen molar-refractivity contribution in [3.8, 4) is 11.3 Å². The molecular weight excluding hydrogens is 365 g/mol. The zero-order valence-corrected chi connectivity index (χ0v) is 15.4. The van der Waals surface area contributed by atoms with E-state index < -0.39 is 15.8 Å². The van der Waals surface area contributed by atoms with E-state index in [-0.39, 0.29) is 4.90 Å². The number of H-pyrrole nitrogens is 1. The van der Waals surface area contributed by atoms with Crippen LogP contribution in [0.4, 0.5) is 4.39 Å². The Balaban J connectivity index is 1.91. The van der Waals surface area contributed by atoms with E-state index in [1.807, 2.05) is 36.5 Å². The quantitative estimate of drug-likeness (QED) is 0.552. The molecule has 0 saturated carbocycles. The lowest BCUT2D eigenvalue weighted by Gasteiger charge is -2.11. The Morgan fingerprint density at radius 1 is 1.11 bits per heavy atom. The minimum atomic E-state index is -3.94. The average molecular weight is 383 g/mol. The molecule has 0 aliphatic carbocycles. The molecule has 138 valence electrons. The van der Waals surface area contributed by atoms with E-state index in [1.54, 1.807) is 13.2 Å². The molecule has 0 aliphatic heterocycles. The van der Waals surface area contributed by atoms with Crippen LogP contribution in [0.5, 0.6) is 0 Å². The third-order valence-electron chi connectivity index (χ3n) is 4.43. The predicted octanol–water partition coefficient (Wildman–Crippen LogP) is 3.73.